The van der Waals surface area contributed by atoms with Crippen molar-refractivity contribution >= 4 is 33.3 Å². The molecule has 6 heteroatoms. The molecule has 1 aromatic heterocycles. The van der Waals surface area contributed by atoms with Crippen molar-refractivity contribution in [1.82, 2.24) is 5.32 Å². The summed E-state index contributed by atoms with van der Waals surface area (Å²) in [6, 6.07) is 15.7. The average Bonchev–Trinajstić information content (AvgIpc) is 3.08. The first-order valence-electron chi connectivity index (χ1n) is 8.21. The molecule has 0 aliphatic rings. The van der Waals surface area contributed by atoms with Gasteiger partial charge in [-0.15, -0.1) is 11.3 Å². The molecule has 0 bridgehead atoms. The molecule has 0 unspecified atom stereocenters. The van der Waals surface area contributed by atoms with Crippen molar-refractivity contribution in [1.29, 1.82) is 0 Å². The van der Waals surface area contributed by atoms with Gasteiger partial charge in [0.2, 0.25) is 0 Å². The predicted octanol–water partition coefficient (Wildman–Crippen LogP) is 4.12. The fourth-order valence-electron chi connectivity index (χ4n) is 2.53. The largest absolute Gasteiger partial charge is 0.451 e. The third-order valence-electron chi connectivity index (χ3n) is 3.99. The van der Waals surface area contributed by atoms with Crippen LogP contribution in [0.4, 0.5) is 4.39 Å². The Morgan fingerprint density at radius 1 is 1.15 bits per heavy atom. The van der Waals surface area contributed by atoms with Crippen LogP contribution in [0.3, 0.4) is 0 Å². The first-order chi connectivity index (χ1) is 12.5. The second-order valence-corrected chi connectivity index (χ2v) is 7.07. The van der Waals surface area contributed by atoms with E-state index in [0.29, 0.717) is 16.8 Å². The van der Waals surface area contributed by atoms with Gasteiger partial charge in [-0.05, 0) is 41.1 Å². The number of rotatable bonds is 6. The van der Waals surface area contributed by atoms with Gasteiger partial charge in [-0.1, -0.05) is 37.3 Å². The van der Waals surface area contributed by atoms with Crippen LogP contribution >= 0.6 is 11.3 Å². The topological polar surface area (TPSA) is 55.4 Å². The summed E-state index contributed by atoms with van der Waals surface area (Å²) in [6.07, 6.45) is 0. The van der Waals surface area contributed by atoms with Crippen LogP contribution in [-0.4, -0.2) is 25.0 Å². The van der Waals surface area contributed by atoms with Gasteiger partial charge >= 0.3 is 5.97 Å². The summed E-state index contributed by atoms with van der Waals surface area (Å²) >= 11 is 1.21. The van der Waals surface area contributed by atoms with E-state index in [4.69, 9.17) is 4.74 Å². The molecular formula is C20H18FNO3S. The molecule has 3 aromatic rings. The summed E-state index contributed by atoms with van der Waals surface area (Å²) in [5.41, 5.74) is 1.13. The first kappa shape index (κ1) is 18.1. The Kier molecular flexibility index (Phi) is 5.63. The van der Waals surface area contributed by atoms with Gasteiger partial charge in [0.15, 0.2) is 6.61 Å². The van der Waals surface area contributed by atoms with Crippen molar-refractivity contribution in [2.45, 2.75) is 12.8 Å². The number of esters is 1. The Labute approximate surface area is 154 Å². The zero-order valence-corrected chi connectivity index (χ0v) is 15.0. The quantitative estimate of drug-likeness (QED) is 0.663. The molecular weight excluding hydrogens is 353 g/mol. The smallest absolute Gasteiger partial charge is 0.348 e. The van der Waals surface area contributed by atoms with Gasteiger partial charge in [-0.2, -0.15) is 0 Å². The number of benzene rings is 2. The maximum Gasteiger partial charge on any atom is 0.348 e. The number of halogens is 1. The number of carbonyl (C=O) groups is 2. The van der Waals surface area contributed by atoms with Crippen LogP contribution in [0.25, 0.3) is 10.1 Å². The molecule has 0 saturated carbocycles. The van der Waals surface area contributed by atoms with E-state index in [1.807, 2.05) is 37.3 Å². The molecule has 0 spiro atoms. The fourth-order valence-corrected chi connectivity index (χ4v) is 3.47. The average molecular weight is 371 g/mol. The molecule has 4 nitrogen and oxygen atoms in total. The van der Waals surface area contributed by atoms with Gasteiger partial charge in [-0.25, -0.2) is 9.18 Å². The minimum Gasteiger partial charge on any atom is -0.451 e. The highest BCUT2D eigenvalue weighted by Crippen LogP contribution is 2.26. The van der Waals surface area contributed by atoms with E-state index in [1.165, 1.54) is 23.5 Å². The minimum atomic E-state index is -0.585. The number of hydrogen-bond acceptors (Lipinski definition) is 4. The zero-order valence-electron chi connectivity index (χ0n) is 14.2. The lowest BCUT2D eigenvalue weighted by Crippen LogP contribution is -2.31. The number of amides is 1. The number of nitrogens with one attached hydrogen (secondary N) is 1. The van der Waals surface area contributed by atoms with Crippen molar-refractivity contribution in [3.63, 3.8) is 0 Å². The fraction of sp³-hybridized carbons (Fsp3) is 0.200. The summed E-state index contributed by atoms with van der Waals surface area (Å²) in [4.78, 5) is 24.3. The molecule has 26 heavy (non-hydrogen) atoms. The second-order valence-electron chi connectivity index (χ2n) is 5.98. The van der Waals surface area contributed by atoms with Crippen molar-refractivity contribution < 1.29 is 18.7 Å². The van der Waals surface area contributed by atoms with Crippen molar-refractivity contribution in [3.8, 4) is 0 Å². The molecule has 134 valence electrons. The molecule has 1 amide bonds. The number of carbonyl (C=O) groups excluding carboxylic acids is 2. The highest BCUT2D eigenvalue weighted by molar-refractivity contribution is 7.20. The van der Waals surface area contributed by atoms with Crippen LogP contribution in [-0.2, 0) is 9.53 Å². The molecule has 0 aliphatic carbocycles. The normalized spacial score (nSPS) is 11.9. The molecule has 1 N–H and O–H groups in total. The van der Waals surface area contributed by atoms with Crippen molar-refractivity contribution in [2.24, 2.45) is 0 Å². The van der Waals surface area contributed by atoms with Gasteiger partial charge in [-0.3, -0.25) is 4.79 Å². The van der Waals surface area contributed by atoms with E-state index >= 15 is 0 Å². The first-order valence-corrected chi connectivity index (χ1v) is 9.02. The van der Waals surface area contributed by atoms with E-state index in [-0.39, 0.29) is 24.2 Å². The second kappa shape index (κ2) is 8.10. The molecule has 0 saturated heterocycles. The van der Waals surface area contributed by atoms with Crippen LogP contribution in [0, 0.1) is 5.82 Å². The van der Waals surface area contributed by atoms with Crippen molar-refractivity contribution in [3.05, 3.63) is 70.9 Å². The van der Waals surface area contributed by atoms with E-state index < -0.39 is 5.97 Å². The lowest BCUT2D eigenvalue weighted by atomic mass is 10.0. The summed E-state index contributed by atoms with van der Waals surface area (Å²) in [6.45, 7) is 2.13. The number of thiophene rings is 1. The highest BCUT2D eigenvalue weighted by atomic mass is 32.1. The Bertz CT molecular complexity index is 923. The molecule has 1 atom stereocenters. The third kappa shape index (κ3) is 4.46. The Hall–Kier alpha value is -2.73. The van der Waals surface area contributed by atoms with Crippen LogP contribution in [0.2, 0.25) is 0 Å². The van der Waals surface area contributed by atoms with Crippen LogP contribution in [0.1, 0.15) is 28.1 Å². The van der Waals surface area contributed by atoms with Gasteiger partial charge in [0.1, 0.15) is 10.7 Å². The lowest BCUT2D eigenvalue weighted by Gasteiger charge is -2.13. The third-order valence-corrected chi connectivity index (χ3v) is 5.08. The van der Waals surface area contributed by atoms with E-state index in [2.05, 4.69) is 5.32 Å². The monoisotopic (exact) mass is 371 g/mol. The molecule has 2 aromatic carbocycles. The summed E-state index contributed by atoms with van der Waals surface area (Å²) in [7, 11) is 0. The zero-order chi connectivity index (χ0) is 18.5. The standard InChI is InChI=1S/C20H18FNO3S/c1-13(14-5-3-2-4-6-14)11-22-19(23)12-25-20(24)18-10-15-9-16(21)7-8-17(15)26-18/h2-10,13H,11-12H2,1H3,(H,22,23)/t13-/m1/s1. The molecule has 0 aliphatic heterocycles. The number of ether oxygens (including phenoxy) is 1. The molecule has 0 radical (unpaired) electrons. The van der Waals surface area contributed by atoms with E-state index in [9.17, 15) is 14.0 Å². The Balaban J connectivity index is 1.49. The van der Waals surface area contributed by atoms with Gasteiger partial charge in [0, 0.05) is 11.2 Å². The number of fused-ring (bicyclic) bond motifs is 1. The SMILES string of the molecule is C[C@H](CNC(=O)COC(=O)c1cc2cc(F)ccc2s1)c1ccccc1. The van der Waals surface area contributed by atoms with Crippen LogP contribution in [0.5, 0.6) is 0 Å². The van der Waals surface area contributed by atoms with E-state index in [0.717, 1.165) is 10.3 Å². The lowest BCUT2D eigenvalue weighted by molar-refractivity contribution is -0.124. The summed E-state index contributed by atoms with van der Waals surface area (Å²) < 4.78 is 19.1. The predicted molar refractivity (Wildman–Crippen MR) is 99.9 cm³/mol. The summed E-state index contributed by atoms with van der Waals surface area (Å²) in [5.74, 6) is -1.14. The highest BCUT2D eigenvalue weighted by Gasteiger charge is 2.14. The molecule has 0 fully saturated rings. The molecule has 1 heterocycles. The minimum absolute atomic E-state index is 0.161. The Morgan fingerprint density at radius 3 is 2.69 bits per heavy atom. The molecule has 3 rings (SSSR count). The maximum atomic E-state index is 13.2. The number of hydrogen-bond donors (Lipinski definition) is 1. The maximum absolute atomic E-state index is 13.2. The van der Waals surface area contributed by atoms with Gasteiger partial charge < -0.3 is 10.1 Å². The Morgan fingerprint density at radius 2 is 1.92 bits per heavy atom. The summed E-state index contributed by atoms with van der Waals surface area (Å²) in [5, 5.41) is 3.40. The van der Waals surface area contributed by atoms with Crippen LogP contribution < -0.4 is 5.32 Å². The van der Waals surface area contributed by atoms with Gasteiger partial charge in [0.05, 0.1) is 0 Å². The van der Waals surface area contributed by atoms with Crippen LogP contribution in [0.15, 0.2) is 54.6 Å². The van der Waals surface area contributed by atoms with E-state index in [1.54, 1.807) is 12.1 Å². The van der Waals surface area contributed by atoms with Gasteiger partial charge in [0.25, 0.3) is 5.91 Å². The van der Waals surface area contributed by atoms with Crippen molar-refractivity contribution in [2.75, 3.05) is 13.2 Å².